The molecule has 3 aromatic rings. The van der Waals surface area contributed by atoms with Gasteiger partial charge in [-0.2, -0.15) is 10.1 Å². The second kappa shape index (κ2) is 4.03. The zero-order valence-corrected chi connectivity index (χ0v) is 9.32. The highest BCUT2D eigenvalue weighted by atomic mass is 32.2. The lowest BCUT2D eigenvalue weighted by molar-refractivity contribution is 1.03. The maximum absolute atomic E-state index is 5.31. The van der Waals surface area contributed by atoms with Crippen molar-refractivity contribution >= 4 is 28.7 Å². The molecule has 0 fully saturated rings. The van der Waals surface area contributed by atoms with Crippen LogP contribution in [0.4, 0.5) is 5.95 Å². The van der Waals surface area contributed by atoms with Crippen LogP contribution in [0.2, 0.25) is 0 Å². The summed E-state index contributed by atoms with van der Waals surface area (Å²) in [5.74, 6) is 5.64. The number of hydrazine groups is 1. The minimum atomic E-state index is 0.329. The third-order valence-corrected chi connectivity index (χ3v) is 2.99. The number of nitrogens with one attached hydrogen (secondary N) is 3. The topological polar surface area (TPSA) is 121 Å². The van der Waals surface area contributed by atoms with Gasteiger partial charge < -0.3 is 4.98 Å². The number of rotatable bonds is 3. The average Bonchev–Trinajstić information content (AvgIpc) is 2.98. The summed E-state index contributed by atoms with van der Waals surface area (Å²) in [7, 11) is 0. The third-order valence-electron chi connectivity index (χ3n) is 2.07. The van der Waals surface area contributed by atoms with Crippen LogP contribution in [0.3, 0.4) is 0 Å². The van der Waals surface area contributed by atoms with Crippen molar-refractivity contribution in [1.82, 2.24) is 30.1 Å². The lowest BCUT2D eigenvalue weighted by Gasteiger charge is -2.02. The van der Waals surface area contributed by atoms with Gasteiger partial charge in [0.1, 0.15) is 5.03 Å². The molecule has 0 saturated heterocycles. The minimum Gasteiger partial charge on any atom is -0.339 e. The second-order valence-corrected chi connectivity index (χ2v) is 4.10. The molecule has 0 amide bonds. The number of fused-ring (bicyclic) bond motifs is 1. The molecule has 5 N–H and O–H groups in total. The first kappa shape index (κ1) is 10.1. The molecular weight excluding hydrogens is 240 g/mol. The van der Waals surface area contributed by atoms with Crippen molar-refractivity contribution in [2.24, 2.45) is 5.84 Å². The van der Waals surface area contributed by atoms with E-state index in [1.165, 1.54) is 11.8 Å². The Bertz CT molecular complexity index is 630. The van der Waals surface area contributed by atoms with Crippen LogP contribution in [0.15, 0.2) is 28.8 Å². The van der Waals surface area contributed by atoms with E-state index in [0.717, 1.165) is 15.6 Å². The summed E-state index contributed by atoms with van der Waals surface area (Å²) < 4.78 is 0. The molecule has 0 radical (unpaired) electrons. The molecule has 17 heavy (non-hydrogen) atoms. The zero-order valence-electron chi connectivity index (χ0n) is 8.51. The molecule has 9 heteroatoms. The smallest absolute Gasteiger partial charge is 0.240 e. The molecular formula is C8H8N8S. The van der Waals surface area contributed by atoms with Crippen LogP contribution in [0.1, 0.15) is 0 Å². The Morgan fingerprint density at radius 3 is 3.06 bits per heavy atom. The summed E-state index contributed by atoms with van der Waals surface area (Å²) in [5, 5.41) is 9.00. The van der Waals surface area contributed by atoms with Crippen LogP contribution in [0, 0.1) is 0 Å². The first-order valence-corrected chi connectivity index (χ1v) is 5.53. The lowest BCUT2D eigenvalue weighted by Crippen LogP contribution is -2.10. The molecule has 0 aliphatic rings. The van der Waals surface area contributed by atoms with E-state index in [2.05, 4.69) is 35.6 Å². The van der Waals surface area contributed by atoms with Gasteiger partial charge in [0, 0.05) is 12.4 Å². The molecule has 0 unspecified atom stereocenters. The predicted molar refractivity (Wildman–Crippen MR) is 62.2 cm³/mol. The van der Waals surface area contributed by atoms with Gasteiger partial charge >= 0.3 is 0 Å². The SMILES string of the molecule is NNc1nc(Sc2ncc[nH]2)c2cn[nH]c2n1. The van der Waals surface area contributed by atoms with Gasteiger partial charge in [0.25, 0.3) is 0 Å². The molecule has 8 nitrogen and oxygen atoms in total. The van der Waals surface area contributed by atoms with Crippen molar-refractivity contribution in [1.29, 1.82) is 0 Å². The molecule has 0 spiro atoms. The summed E-state index contributed by atoms with van der Waals surface area (Å²) in [4.78, 5) is 15.5. The molecule has 0 saturated carbocycles. The van der Waals surface area contributed by atoms with E-state index in [1.54, 1.807) is 18.6 Å². The van der Waals surface area contributed by atoms with E-state index in [9.17, 15) is 0 Å². The fourth-order valence-corrected chi connectivity index (χ4v) is 2.16. The lowest BCUT2D eigenvalue weighted by atomic mass is 10.4. The average molecular weight is 248 g/mol. The van der Waals surface area contributed by atoms with Crippen molar-refractivity contribution in [2.75, 3.05) is 5.43 Å². The number of nitrogen functional groups attached to an aromatic ring is 1. The number of nitrogens with two attached hydrogens (primary N) is 1. The van der Waals surface area contributed by atoms with Crippen molar-refractivity contribution in [3.63, 3.8) is 0 Å². The fourth-order valence-electron chi connectivity index (χ4n) is 1.35. The van der Waals surface area contributed by atoms with Crippen molar-refractivity contribution in [2.45, 2.75) is 10.2 Å². The van der Waals surface area contributed by atoms with Crippen LogP contribution < -0.4 is 11.3 Å². The van der Waals surface area contributed by atoms with Gasteiger partial charge in [-0.3, -0.25) is 10.5 Å². The Hall–Kier alpha value is -2.13. The number of aromatic amines is 2. The zero-order chi connectivity index (χ0) is 11.7. The first-order valence-electron chi connectivity index (χ1n) is 4.72. The Morgan fingerprint density at radius 1 is 1.35 bits per heavy atom. The number of anilines is 1. The Labute approximate surface area is 99.4 Å². The van der Waals surface area contributed by atoms with E-state index < -0.39 is 0 Å². The number of aromatic nitrogens is 6. The van der Waals surface area contributed by atoms with Gasteiger partial charge in [-0.1, -0.05) is 0 Å². The maximum atomic E-state index is 5.31. The van der Waals surface area contributed by atoms with Crippen molar-refractivity contribution in [3.8, 4) is 0 Å². The van der Waals surface area contributed by atoms with Gasteiger partial charge in [-0.25, -0.2) is 15.8 Å². The molecule has 3 heterocycles. The van der Waals surface area contributed by atoms with Gasteiger partial charge in [-0.05, 0) is 11.8 Å². The standard InChI is InChI=1S/C8H8N8S/c9-15-7-13-5-4(3-12-16-5)6(14-7)17-8-10-1-2-11-8/h1-3H,9H2,(H,10,11)(H2,12,13,14,15,16). The number of hydrogen-bond acceptors (Lipinski definition) is 7. The Morgan fingerprint density at radius 2 is 2.29 bits per heavy atom. The van der Waals surface area contributed by atoms with Crippen LogP contribution in [0.25, 0.3) is 11.0 Å². The van der Waals surface area contributed by atoms with Crippen LogP contribution >= 0.6 is 11.8 Å². The summed E-state index contributed by atoms with van der Waals surface area (Å²) in [6, 6.07) is 0. The molecule has 0 atom stereocenters. The maximum Gasteiger partial charge on any atom is 0.240 e. The van der Waals surface area contributed by atoms with Gasteiger partial charge in [-0.15, -0.1) is 0 Å². The van der Waals surface area contributed by atoms with E-state index >= 15 is 0 Å². The fraction of sp³-hybridized carbons (Fsp3) is 0. The molecule has 86 valence electrons. The van der Waals surface area contributed by atoms with E-state index in [-0.39, 0.29) is 0 Å². The summed E-state index contributed by atoms with van der Waals surface area (Å²) in [5.41, 5.74) is 3.04. The Kier molecular flexibility index (Phi) is 2.38. The van der Waals surface area contributed by atoms with Crippen LogP contribution in [-0.4, -0.2) is 30.1 Å². The molecule has 3 aromatic heterocycles. The highest BCUT2D eigenvalue weighted by Gasteiger charge is 2.11. The van der Waals surface area contributed by atoms with E-state index in [1.807, 2.05) is 0 Å². The van der Waals surface area contributed by atoms with Gasteiger partial charge in [0.2, 0.25) is 5.95 Å². The molecule has 0 aliphatic heterocycles. The first-order chi connectivity index (χ1) is 8.36. The largest absolute Gasteiger partial charge is 0.339 e. The number of nitrogens with zero attached hydrogens (tertiary/aromatic N) is 4. The summed E-state index contributed by atoms with van der Waals surface area (Å²) >= 11 is 1.38. The predicted octanol–water partition coefficient (Wildman–Crippen LogP) is 0.513. The number of hydrogen-bond donors (Lipinski definition) is 4. The third kappa shape index (κ3) is 1.81. The highest BCUT2D eigenvalue weighted by molar-refractivity contribution is 7.99. The van der Waals surface area contributed by atoms with Gasteiger partial charge in [0.05, 0.1) is 11.6 Å². The van der Waals surface area contributed by atoms with Crippen LogP contribution in [0.5, 0.6) is 0 Å². The van der Waals surface area contributed by atoms with E-state index in [0.29, 0.717) is 11.6 Å². The van der Waals surface area contributed by atoms with Crippen molar-refractivity contribution < 1.29 is 0 Å². The minimum absolute atomic E-state index is 0.329. The summed E-state index contributed by atoms with van der Waals surface area (Å²) in [6.45, 7) is 0. The number of imidazole rings is 1. The molecule has 0 aromatic carbocycles. The Balaban J connectivity index is 2.10. The normalized spacial score (nSPS) is 10.9. The number of H-pyrrole nitrogens is 2. The second-order valence-electron chi connectivity index (χ2n) is 3.13. The molecule has 0 aliphatic carbocycles. The van der Waals surface area contributed by atoms with Gasteiger partial charge in [0.15, 0.2) is 10.8 Å². The van der Waals surface area contributed by atoms with Crippen LogP contribution in [-0.2, 0) is 0 Å². The molecule has 3 rings (SSSR count). The monoisotopic (exact) mass is 248 g/mol. The molecule has 0 bridgehead atoms. The van der Waals surface area contributed by atoms with E-state index in [4.69, 9.17) is 5.84 Å². The highest BCUT2D eigenvalue weighted by Crippen LogP contribution is 2.29. The summed E-state index contributed by atoms with van der Waals surface area (Å²) in [6.07, 6.45) is 5.09. The quantitative estimate of drug-likeness (QED) is 0.303. The van der Waals surface area contributed by atoms with Crippen molar-refractivity contribution in [3.05, 3.63) is 18.6 Å².